The van der Waals surface area contributed by atoms with Gasteiger partial charge < -0.3 is 14.6 Å². The molecule has 152 valence electrons. The summed E-state index contributed by atoms with van der Waals surface area (Å²) in [6.07, 6.45) is 1.01. The molecule has 0 amide bonds. The standard InChI is InChI=1S/C23H22FN5O/c1-15-3-5-17(6-4-15)23-28-21-19(30-23)22(29-13-2-11-25-12-14-29)27-20(26-21)16-7-9-18(24)10-8-16/h3-10,25H,2,11-14H2,1H3. The van der Waals surface area contributed by atoms with Crippen LogP contribution in [0.15, 0.2) is 52.9 Å². The minimum atomic E-state index is -0.290. The van der Waals surface area contributed by atoms with Crippen LogP contribution in [0.4, 0.5) is 10.2 Å². The van der Waals surface area contributed by atoms with Crippen LogP contribution in [-0.4, -0.2) is 41.1 Å². The van der Waals surface area contributed by atoms with Gasteiger partial charge in [0.15, 0.2) is 11.6 Å². The van der Waals surface area contributed by atoms with E-state index in [1.807, 2.05) is 31.2 Å². The van der Waals surface area contributed by atoms with Gasteiger partial charge in [0.2, 0.25) is 17.1 Å². The molecular weight excluding hydrogens is 381 g/mol. The Kier molecular flexibility index (Phi) is 4.88. The molecule has 6 nitrogen and oxygen atoms in total. The van der Waals surface area contributed by atoms with Crippen molar-refractivity contribution in [1.82, 2.24) is 20.3 Å². The summed E-state index contributed by atoms with van der Waals surface area (Å²) < 4.78 is 19.6. The molecule has 30 heavy (non-hydrogen) atoms. The van der Waals surface area contributed by atoms with E-state index in [9.17, 15) is 4.39 Å². The number of nitrogens with one attached hydrogen (secondary N) is 1. The number of fused-ring (bicyclic) bond motifs is 1. The number of rotatable bonds is 3. The highest BCUT2D eigenvalue weighted by atomic mass is 19.1. The molecule has 1 fully saturated rings. The van der Waals surface area contributed by atoms with Crippen molar-refractivity contribution in [3.63, 3.8) is 0 Å². The van der Waals surface area contributed by atoms with Crippen molar-refractivity contribution in [3.8, 4) is 22.8 Å². The highest BCUT2D eigenvalue weighted by Crippen LogP contribution is 2.32. The third-order valence-corrected chi connectivity index (χ3v) is 5.28. The Morgan fingerprint density at radius 3 is 2.47 bits per heavy atom. The van der Waals surface area contributed by atoms with E-state index in [1.165, 1.54) is 17.7 Å². The molecule has 2 aromatic heterocycles. The van der Waals surface area contributed by atoms with Gasteiger partial charge in [-0.1, -0.05) is 17.7 Å². The molecule has 0 bridgehead atoms. The number of aromatic nitrogens is 3. The van der Waals surface area contributed by atoms with Crippen LogP contribution in [0.3, 0.4) is 0 Å². The van der Waals surface area contributed by atoms with Crippen LogP contribution in [0.5, 0.6) is 0 Å². The van der Waals surface area contributed by atoms with Crippen molar-refractivity contribution in [3.05, 3.63) is 59.9 Å². The van der Waals surface area contributed by atoms with Gasteiger partial charge in [-0.3, -0.25) is 0 Å². The molecule has 0 unspecified atom stereocenters. The van der Waals surface area contributed by atoms with Gasteiger partial charge in [-0.05, 0) is 56.3 Å². The third-order valence-electron chi connectivity index (χ3n) is 5.28. The average Bonchev–Trinajstić information content (AvgIpc) is 3.00. The minimum absolute atomic E-state index is 0.290. The van der Waals surface area contributed by atoms with Gasteiger partial charge in [0.1, 0.15) is 5.82 Å². The number of oxazole rings is 1. The topological polar surface area (TPSA) is 67.1 Å². The summed E-state index contributed by atoms with van der Waals surface area (Å²) >= 11 is 0. The van der Waals surface area contributed by atoms with Crippen molar-refractivity contribution in [2.24, 2.45) is 0 Å². The molecule has 1 aliphatic rings. The van der Waals surface area contributed by atoms with Crippen molar-refractivity contribution in [1.29, 1.82) is 0 Å². The quantitative estimate of drug-likeness (QED) is 0.553. The number of benzene rings is 2. The van der Waals surface area contributed by atoms with E-state index >= 15 is 0 Å². The maximum atomic E-state index is 13.4. The lowest BCUT2D eigenvalue weighted by molar-refractivity contribution is 0.615. The van der Waals surface area contributed by atoms with Crippen LogP contribution in [0.2, 0.25) is 0 Å². The SMILES string of the molecule is Cc1ccc(-c2nc3nc(-c4ccc(F)cc4)nc(N4CCCNCC4)c3o2)cc1. The van der Waals surface area contributed by atoms with Crippen LogP contribution in [0.1, 0.15) is 12.0 Å². The smallest absolute Gasteiger partial charge is 0.229 e. The summed E-state index contributed by atoms with van der Waals surface area (Å²) in [6.45, 7) is 5.57. The van der Waals surface area contributed by atoms with Gasteiger partial charge in [0.05, 0.1) is 0 Å². The Morgan fingerprint density at radius 2 is 1.67 bits per heavy atom. The van der Waals surface area contributed by atoms with Gasteiger partial charge in [-0.25, -0.2) is 14.4 Å². The lowest BCUT2D eigenvalue weighted by atomic mass is 10.1. The molecule has 0 saturated carbocycles. The second kappa shape index (κ2) is 7.84. The predicted molar refractivity (Wildman–Crippen MR) is 115 cm³/mol. The monoisotopic (exact) mass is 403 g/mol. The fraction of sp³-hybridized carbons (Fsp3) is 0.261. The Morgan fingerprint density at radius 1 is 0.900 bits per heavy atom. The van der Waals surface area contributed by atoms with Gasteiger partial charge in [0, 0.05) is 30.8 Å². The maximum absolute atomic E-state index is 13.4. The van der Waals surface area contributed by atoms with E-state index in [2.05, 4.69) is 20.2 Å². The van der Waals surface area contributed by atoms with E-state index in [-0.39, 0.29) is 5.82 Å². The molecule has 4 aromatic rings. The van der Waals surface area contributed by atoms with Crippen molar-refractivity contribution in [2.75, 3.05) is 31.1 Å². The minimum Gasteiger partial charge on any atom is -0.430 e. The summed E-state index contributed by atoms with van der Waals surface area (Å²) in [7, 11) is 0. The zero-order chi connectivity index (χ0) is 20.5. The molecular formula is C23H22FN5O. The Hall–Kier alpha value is -3.32. The largest absolute Gasteiger partial charge is 0.430 e. The molecule has 0 spiro atoms. The fourth-order valence-electron chi connectivity index (χ4n) is 3.63. The van der Waals surface area contributed by atoms with Crippen LogP contribution in [0.25, 0.3) is 34.1 Å². The second-order valence-electron chi connectivity index (χ2n) is 7.51. The molecule has 1 saturated heterocycles. The van der Waals surface area contributed by atoms with E-state index < -0.39 is 0 Å². The number of anilines is 1. The zero-order valence-corrected chi connectivity index (χ0v) is 16.7. The second-order valence-corrected chi connectivity index (χ2v) is 7.51. The molecule has 7 heteroatoms. The molecule has 1 aliphatic heterocycles. The highest BCUT2D eigenvalue weighted by Gasteiger charge is 2.22. The first-order valence-electron chi connectivity index (χ1n) is 10.1. The Bertz CT molecular complexity index is 1160. The number of hydrogen-bond donors (Lipinski definition) is 1. The third kappa shape index (κ3) is 3.64. The maximum Gasteiger partial charge on any atom is 0.229 e. The lowest BCUT2D eigenvalue weighted by Gasteiger charge is -2.21. The predicted octanol–water partition coefficient (Wildman–Crippen LogP) is 4.20. The number of hydrogen-bond acceptors (Lipinski definition) is 6. The summed E-state index contributed by atoms with van der Waals surface area (Å²) in [5.74, 6) is 1.47. The number of aryl methyl sites for hydroxylation is 1. The summed E-state index contributed by atoms with van der Waals surface area (Å²) in [5.41, 5.74) is 3.90. The van der Waals surface area contributed by atoms with E-state index in [0.717, 1.165) is 49.5 Å². The van der Waals surface area contributed by atoms with E-state index in [4.69, 9.17) is 9.40 Å². The summed E-state index contributed by atoms with van der Waals surface area (Å²) in [6, 6.07) is 14.2. The van der Waals surface area contributed by atoms with Crippen molar-refractivity contribution < 1.29 is 8.81 Å². The average molecular weight is 403 g/mol. The first kappa shape index (κ1) is 18.7. The van der Waals surface area contributed by atoms with Crippen LogP contribution in [-0.2, 0) is 0 Å². The van der Waals surface area contributed by atoms with E-state index in [1.54, 1.807) is 12.1 Å². The van der Waals surface area contributed by atoms with Gasteiger partial charge in [-0.15, -0.1) is 0 Å². The number of halogens is 1. The van der Waals surface area contributed by atoms with Gasteiger partial charge in [-0.2, -0.15) is 4.98 Å². The molecule has 0 aliphatic carbocycles. The number of nitrogens with zero attached hydrogens (tertiary/aromatic N) is 4. The first-order chi connectivity index (χ1) is 14.7. The molecule has 5 rings (SSSR count). The Balaban J connectivity index is 1.66. The molecule has 0 radical (unpaired) electrons. The highest BCUT2D eigenvalue weighted by molar-refractivity contribution is 5.85. The van der Waals surface area contributed by atoms with E-state index in [0.29, 0.717) is 22.9 Å². The molecule has 2 aromatic carbocycles. The van der Waals surface area contributed by atoms with Crippen LogP contribution < -0.4 is 10.2 Å². The van der Waals surface area contributed by atoms with Gasteiger partial charge in [0.25, 0.3) is 0 Å². The van der Waals surface area contributed by atoms with Gasteiger partial charge >= 0.3 is 0 Å². The fourth-order valence-corrected chi connectivity index (χ4v) is 3.63. The summed E-state index contributed by atoms with van der Waals surface area (Å²) in [4.78, 5) is 16.3. The zero-order valence-electron chi connectivity index (χ0n) is 16.7. The molecule has 1 N–H and O–H groups in total. The lowest BCUT2D eigenvalue weighted by Crippen LogP contribution is -2.29. The van der Waals surface area contributed by atoms with Crippen LogP contribution >= 0.6 is 0 Å². The molecule has 3 heterocycles. The molecule has 0 atom stereocenters. The van der Waals surface area contributed by atoms with Crippen LogP contribution in [0, 0.1) is 12.7 Å². The van der Waals surface area contributed by atoms with Crippen molar-refractivity contribution >= 4 is 17.0 Å². The first-order valence-corrected chi connectivity index (χ1v) is 10.1. The van der Waals surface area contributed by atoms with Crippen molar-refractivity contribution in [2.45, 2.75) is 13.3 Å². The summed E-state index contributed by atoms with van der Waals surface area (Å²) in [5, 5.41) is 3.41. The Labute approximate surface area is 173 Å². The normalized spacial score (nSPS) is 14.8.